The third kappa shape index (κ3) is 3.53. The Bertz CT molecular complexity index is 943. The maximum absolute atomic E-state index is 13.6. The van der Waals surface area contributed by atoms with Gasteiger partial charge < -0.3 is 19.5 Å². The van der Waals surface area contributed by atoms with E-state index in [4.69, 9.17) is 9.47 Å². The Morgan fingerprint density at radius 3 is 2.65 bits per heavy atom. The molecule has 1 amide bonds. The number of anilines is 1. The maximum Gasteiger partial charge on any atom is 0.262 e. The van der Waals surface area contributed by atoms with E-state index in [1.165, 1.54) is 0 Å². The van der Waals surface area contributed by atoms with E-state index in [-0.39, 0.29) is 30.5 Å². The van der Waals surface area contributed by atoms with Crippen molar-refractivity contribution in [2.45, 2.75) is 30.8 Å². The number of rotatable bonds is 5. The minimum absolute atomic E-state index is 0.0400. The molecule has 5 rings (SSSR count). The van der Waals surface area contributed by atoms with Gasteiger partial charge in [-0.25, -0.2) is 0 Å². The SMILES string of the molecule is COc1ccccc1C(=O)N1C[C@@H]2[C@H](c3ccccc31)[C@H](CO)N2CC1CCOCC1. The van der Waals surface area contributed by atoms with Gasteiger partial charge in [0.25, 0.3) is 5.91 Å². The molecule has 2 aromatic carbocycles. The fourth-order valence-electron chi connectivity index (χ4n) is 5.62. The first kappa shape index (κ1) is 20.5. The second-order valence-corrected chi connectivity index (χ2v) is 8.77. The van der Waals surface area contributed by atoms with E-state index in [0.29, 0.717) is 23.8 Å². The molecule has 2 saturated heterocycles. The van der Waals surface area contributed by atoms with Crippen LogP contribution in [-0.2, 0) is 4.74 Å². The molecule has 2 fully saturated rings. The second-order valence-electron chi connectivity index (χ2n) is 8.77. The van der Waals surface area contributed by atoms with Gasteiger partial charge in [0, 0.05) is 50.0 Å². The number of carbonyl (C=O) groups excluding carboxylic acids is 1. The van der Waals surface area contributed by atoms with Crippen LogP contribution in [0.2, 0.25) is 0 Å². The normalized spacial score (nSPS) is 26.0. The van der Waals surface area contributed by atoms with Crippen molar-refractivity contribution in [2.24, 2.45) is 5.92 Å². The molecule has 0 saturated carbocycles. The smallest absolute Gasteiger partial charge is 0.262 e. The molecular weight excluding hydrogens is 392 g/mol. The molecule has 3 aliphatic heterocycles. The second kappa shape index (κ2) is 8.61. The van der Waals surface area contributed by atoms with E-state index >= 15 is 0 Å². The molecule has 6 nitrogen and oxygen atoms in total. The van der Waals surface area contributed by atoms with Crippen molar-refractivity contribution in [2.75, 3.05) is 44.9 Å². The van der Waals surface area contributed by atoms with E-state index < -0.39 is 0 Å². The number of aliphatic hydroxyl groups excluding tert-OH is 1. The minimum Gasteiger partial charge on any atom is -0.496 e. The van der Waals surface area contributed by atoms with E-state index in [9.17, 15) is 9.90 Å². The molecule has 0 bridgehead atoms. The third-order valence-electron chi connectivity index (χ3n) is 7.22. The number of hydrogen-bond acceptors (Lipinski definition) is 5. The Hall–Kier alpha value is -2.41. The molecular formula is C25H30N2O4. The third-order valence-corrected chi connectivity index (χ3v) is 7.22. The maximum atomic E-state index is 13.6. The van der Waals surface area contributed by atoms with E-state index in [1.807, 2.05) is 47.4 Å². The van der Waals surface area contributed by atoms with Crippen LogP contribution >= 0.6 is 0 Å². The molecule has 0 spiro atoms. The highest BCUT2D eigenvalue weighted by Crippen LogP contribution is 2.49. The zero-order valence-corrected chi connectivity index (χ0v) is 17.9. The van der Waals surface area contributed by atoms with Crippen LogP contribution in [0.4, 0.5) is 5.69 Å². The lowest BCUT2D eigenvalue weighted by Gasteiger charge is -2.60. The Morgan fingerprint density at radius 2 is 1.87 bits per heavy atom. The number of nitrogens with zero attached hydrogens (tertiary/aromatic N) is 2. The lowest BCUT2D eigenvalue weighted by Crippen LogP contribution is -2.70. The molecule has 2 aromatic rings. The van der Waals surface area contributed by atoms with Crippen LogP contribution in [-0.4, -0.2) is 68.0 Å². The Labute approximate surface area is 183 Å². The van der Waals surface area contributed by atoms with Crippen molar-refractivity contribution in [3.8, 4) is 5.75 Å². The van der Waals surface area contributed by atoms with E-state index in [1.54, 1.807) is 7.11 Å². The number of aliphatic hydroxyl groups is 1. The lowest BCUT2D eigenvalue weighted by molar-refractivity contribution is -0.0625. The summed E-state index contributed by atoms with van der Waals surface area (Å²) in [6.45, 7) is 3.35. The van der Waals surface area contributed by atoms with Crippen molar-refractivity contribution in [3.05, 3.63) is 59.7 Å². The van der Waals surface area contributed by atoms with Crippen molar-refractivity contribution in [3.63, 3.8) is 0 Å². The van der Waals surface area contributed by atoms with Gasteiger partial charge in [-0.05, 0) is 42.5 Å². The average molecular weight is 423 g/mol. The van der Waals surface area contributed by atoms with Gasteiger partial charge in [-0.15, -0.1) is 0 Å². The van der Waals surface area contributed by atoms with Gasteiger partial charge in [0.1, 0.15) is 5.75 Å². The van der Waals surface area contributed by atoms with Crippen molar-refractivity contribution in [1.82, 2.24) is 4.90 Å². The molecule has 3 heterocycles. The van der Waals surface area contributed by atoms with Crippen LogP contribution in [0.1, 0.15) is 34.7 Å². The largest absolute Gasteiger partial charge is 0.496 e. The number of hydrogen-bond donors (Lipinski definition) is 1. The van der Waals surface area contributed by atoms with Crippen molar-refractivity contribution < 1.29 is 19.4 Å². The predicted octanol–water partition coefficient (Wildman–Crippen LogP) is 2.91. The van der Waals surface area contributed by atoms with Crippen LogP contribution < -0.4 is 9.64 Å². The van der Waals surface area contributed by atoms with Crippen LogP contribution in [0.3, 0.4) is 0 Å². The molecule has 0 aliphatic carbocycles. The number of methoxy groups -OCH3 is 1. The molecule has 3 atom stereocenters. The summed E-state index contributed by atoms with van der Waals surface area (Å²) in [6.07, 6.45) is 2.12. The van der Waals surface area contributed by atoms with Crippen molar-refractivity contribution in [1.29, 1.82) is 0 Å². The molecule has 0 aromatic heterocycles. The zero-order chi connectivity index (χ0) is 21.4. The van der Waals surface area contributed by atoms with Crippen LogP contribution in [0, 0.1) is 5.92 Å². The first-order valence-corrected chi connectivity index (χ1v) is 11.2. The van der Waals surface area contributed by atoms with Gasteiger partial charge in [-0.1, -0.05) is 30.3 Å². The number of para-hydroxylation sites is 2. The molecule has 31 heavy (non-hydrogen) atoms. The highest BCUT2D eigenvalue weighted by molar-refractivity contribution is 6.08. The topological polar surface area (TPSA) is 62.2 Å². The molecule has 0 unspecified atom stereocenters. The van der Waals surface area contributed by atoms with Gasteiger partial charge in [0.2, 0.25) is 0 Å². The summed E-state index contributed by atoms with van der Waals surface area (Å²) in [5, 5.41) is 10.2. The van der Waals surface area contributed by atoms with Crippen LogP contribution in [0.15, 0.2) is 48.5 Å². The lowest BCUT2D eigenvalue weighted by atomic mass is 9.71. The summed E-state index contributed by atoms with van der Waals surface area (Å²) in [6, 6.07) is 15.9. The molecule has 3 aliphatic rings. The van der Waals surface area contributed by atoms with Gasteiger partial charge in [-0.3, -0.25) is 9.69 Å². The summed E-state index contributed by atoms with van der Waals surface area (Å²) < 4.78 is 11.0. The van der Waals surface area contributed by atoms with Gasteiger partial charge in [-0.2, -0.15) is 0 Å². The van der Waals surface area contributed by atoms with Gasteiger partial charge in [0.05, 0.1) is 19.3 Å². The number of amides is 1. The van der Waals surface area contributed by atoms with Crippen molar-refractivity contribution >= 4 is 11.6 Å². The van der Waals surface area contributed by atoms with Gasteiger partial charge >= 0.3 is 0 Å². The average Bonchev–Trinajstić information content (AvgIpc) is 2.82. The number of carbonyl (C=O) groups is 1. The number of fused-ring (bicyclic) bond motifs is 3. The Kier molecular flexibility index (Phi) is 5.69. The summed E-state index contributed by atoms with van der Waals surface area (Å²) in [4.78, 5) is 18.0. The first-order valence-electron chi connectivity index (χ1n) is 11.2. The van der Waals surface area contributed by atoms with Crippen LogP contribution in [0.5, 0.6) is 5.75 Å². The highest BCUT2D eigenvalue weighted by atomic mass is 16.5. The Morgan fingerprint density at radius 1 is 1.13 bits per heavy atom. The summed E-state index contributed by atoms with van der Waals surface area (Å²) in [5.41, 5.74) is 2.68. The monoisotopic (exact) mass is 422 g/mol. The Balaban J connectivity index is 1.47. The fourth-order valence-corrected chi connectivity index (χ4v) is 5.62. The molecule has 1 N–H and O–H groups in total. The number of benzene rings is 2. The summed E-state index contributed by atoms with van der Waals surface area (Å²) in [5.74, 6) is 1.39. The fraction of sp³-hybridized carbons (Fsp3) is 0.480. The minimum atomic E-state index is -0.0400. The number of ether oxygens (including phenoxy) is 2. The van der Waals surface area contributed by atoms with E-state index in [2.05, 4.69) is 11.0 Å². The molecule has 0 radical (unpaired) electrons. The van der Waals surface area contributed by atoms with E-state index in [0.717, 1.165) is 43.9 Å². The summed E-state index contributed by atoms with van der Waals surface area (Å²) >= 11 is 0. The highest BCUT2D eigenvalue weighted by Gasteiger charge is 2.53. The van der Waals surface area contributed by atoms with Gasteiger partial charge in [0.15, 0.2) is 0 Å². The van der Waals surface area contributed by atoms with Crippen LogP contribution in [0.25, 0.3) is 0 Å². The molecule has 164 valence electrons. The quantitative estimate of drug-likeness (QED) is 0.803. The summed E-state index contributed by atoms with van der Waals surface area (Å²) in [7, 11) is 1.60. The standard InChI is InChI=1S/C25H30N2O4/c1-30-23-9-5-3-7-19(23)25(29)27-15-21-24(18-6-2-4-8-20(18)27)22(16-28)26(21)14-17-10-12-31-13-11-17/h2-9,17,21-22,24,28H,10-16H2,1H3/t21-,22+,24+/m1/s1. The zero-order valence-electron chi connectivity index (χ0n) is 17.9. The molecule has 6 heteroatoms. The predicted molar refractivity (Wildman–Crippen MR) is 119 cm³/mol. The first-order chi connectivity index (χ1) is 15.2. The number of likely N-dealkylation sites (tertiary alicyclic amines) is 1.